The van der Waals surface area contributed by atoms with Crippen molar-refractivity contribution < 1.29 is 14.3 Å². The first-order chi connectivity index (χ1) is 14.9. The summed E-state index contributed by atoms with van der Waals surface area (Å²) in [5, 5.41) is 12.5. The van der Waals surface area contributed by atoms with Crippen LogP contribution in [-0.2, 0) is 13.1 Å². The lowest BCUT2D eigenvalue weighted by Gasteiger charge is -2.29. The highest BCUT2D eigenvalue weighted by molar-refractivity contribution is 6.04. The summed E-state index contributed by atoms with van der Waals surface area (Å²) in [5.74, 6) is -0.886. The van der Waals surface area contributed by atoms with Gasteiger partial charge in [-0.05, 0) is 43.9 Å². The fourth-order valence-electron chi connectivity index (χ4n) is 3.85. The quantitative estimate of drug-likeness (QED) is 0.660. The molecular weight excluding hydrogens is 395 g/mol. The van der Waals surface area contributed by atoms with E-state index >= 15 is 0 Å². The van der Waals surface area contributed by atoms with Gasteiger partial charge < -0.3 is 10.4 Å². The van der Waals surface area contributed by atoms with Gasteiger partial charge in [-0.1, -0.05) is 24.3 Å². The number of amides is 1. The van der Waals surface area contributed by atoms with E-state index in [1.165, 1.54) is 17.7 Å². The largest absolute Gasteiger partial charge is 0.393 e. The lowest BCUT2D eigenvalue weighted by Crippen LogP contribution is -2.35. The number of piperidine rings is 1. The maximum absolute atomic E-state index is 14.0. The van der Waals surface area contributed by atoms with Crippen LogP contribution in [0.2, 0.25) is 0 Å². The average molecular weight is 423 g/mol. The van der Waals surface area contributed by atoms with Crippen molar-refractivity contribution in [3.8, 4) is 0 Å². The van der Waals surface area contributed by atoms with E-state index in [1.807, 2.05) is 26.0 Å². The van der Waals surface area contributed by atoms with Gasteiger partial charge in [-0.2, -0.15) is 0 Å². The Morgan fingerprint density at radius 3 is 2.45 bits per heavy atom. The number of hydrogen-bond donors (Lipinski definition) is 2. The summed E-state index contributed by atoms with van der Waals surface area (Å²) in [6.45, 7) is 6.63. The number of aromatic nitrogens is 2. The number of likely N-dealkylation sites (tertiary alicyclic amines) is 1. The zero-order chi connectivity index (χ0) is 22.0. The maximum atomic E-state index is 14.0. The van der Waals surface area contributed by atoms with Crippen LogP contribution in [0.15, 0.2) is 36.4 Å². The summed E-state index contributed by atoms with van der Waals surface area (Å²) in [6.07, 6.45) is 1.47. The molecule has 0 unspecified atom stereocenters. The first-order valence-electron chi connectivity index (χ1n) is 10.6. The van der Waals surface area contributed by atoms with E-state index in [0.29, 0.717) is 29.0 Å². The van der Waals surface area contributed by atoms with Crippen molar-refractivity contribution in [2.24, 2.45) is 0 Å². The van der Waals surface area contributed by atoms with E-state index < -0.39 is 5.82 Å². The molecule has 0 aliphatic carbocycles. The molecule has 1 aromatic heterocycles. The summed E-state index contributed by atoms with van der Waals surface area (Å²) in [5.41, 5.74) is 4.56. The van der Waals surface area contributed by atoms with Crippen LogP contribution in [0.1, 0.15) is 45.7 Å². The molecule has 0 radical (unpaired) electrons. The van der Waals surface area contributed by atoms with Crippen molar-refractivity contribution in [1.29, 1.82) is 0 Å². The van der Waals surface area contributed by atoms with Crippen LogP contribution in [0.3, 0.4) is 0 Å². The van der Waals surface area contributed by atoms with Gasteiger partial charge in [0.15, 0.2) is 0 Å². The van der Waals surface area contributed by atoms with Gasteiger partial charge in [-0.15, -0.1) is 0 Å². The Morgan fingerprint density at radius 2 is 1.74 bits per heavy atom. The Labute approximate surface area is 181 Å². The molecule has 1 saturated heterocycles. The maximum Gasteiger partial charge on any atom is 0.253 e. The Hall–Kier alpha value is -2.90. The van der Waals surface area contributed by atoms with E-state index in [9.17, 15) is 14.3 Å². The number of aryl methyl sites for hydroxylation is 2. The molecule has 3 aromatic rings. The number of halogens is 1. The molecule has 0 saturated carbocycles. The molecule has 2 aromatic carbocycles. The van der Waals surface area contributed by atoms with Gasteiger partial charge in [0, 0.05) is 32.2 Å². The van der Waals surface area contributed by atoms with Gasteiger partial charge in [0.2, 0.25) is 0 Å². The number of hydrogen-bond acceptors (Lipinski definition) is 5. The van der Waals surface area contributed by atoms with Gasteiger partial charge in [-0.25, -0.2) is 14.4 Å². The van der Waals surface area contributed by atoms with Crippen LogP contribution in [0.4, 0.5) is 4.39 Å². The number of aliphatic hydroxyl groups excluding tert-OH is 1. The SMILES string of the molecule is Cc1nc2cc(F)cc(C(=O)NCc3ccc(CN4CCC(O)CC4)cc3)c2nc1C. The molecule has 0 bridgehead atoms. The summed E-state index contributed by atoms with van der Waals surface area (Å²) in [7, 11) is 0. The number of aliphatic hydroxyl groups is 1. The van der Waals surface area contributed by atoms with Crippen molar-refractivity contribution in [1.82, 2.24) is 20.2 Å². The minimum atomic E-state index is -0.509. The van der Waals surface area contributed by atoms with Crippen molar-refractivity contribution in [2.75, 3.05) is 13.1 Å². The third kappa shape index (κ3) is 5.06. The number of fused-ring (bicyclic) bond motifs is 1. The molecule has 1 aliphatic heterocycles. The Balaban J connectivity index is 1.41. The Kier molecular flexibility index (Phi) is 6.25. The van der Waals surface area contributed by atoms with Crippen molar-refractivity contribution >= 4 is 16.9 Å². The number of nitrogens with one attached hydrogen (secondary N) is 1. The molecule has 0 atom stereocenters. The van der Waals surface area contributed by atoms with Gasteiger partial charge in [0.05, 0.1) is 28.6 Å². The lowest BCUT2D eigenvalue weighted by molar-refractivity contribution is 0.0792. The zero-order valence-corrected chi connectivity index (χ0v) is 17.9. The van der Waals surface area contributed by atoms with E-state index in [1.54, 1.807) is 0 Å². The summed E-state index contributed by atoms with van der Waals surface area (Å²) in [6, 6.07) is 10.6. The zero-order valence-electron chi connectivity index (χ0n) is 17.9. The topological polar surface area (TPSA) is 78.4 Å². The molecule has 2 N–H and O–H groups in total. The number of benzene rings is 2. The monoisotopic (exact) mass is 422 g/mol. The van der Waals surface area contributed by atoms with Crippen molar-refractivity contribution in [2.45, 2.75) is 45.9 Å². The van der Waals surface area contributed by atoms with Crippen molar-refractivity contribution in [3.63, 3.8) is 0 Å². The predicted molar refractivity (Wildman–Crippen MR) is 117 cm³/mol. The van der Waals surface area contributed by atoms with Crippen molar-refractivity contribution in [3.05, 3.63) is 70.3 Å². The van der Waals surface area contributed by atoms with E-state index in [2.05, 4.69) is 32.3 Å². The highest BCUT2D eigenvalue weighted by atomic mass is 19.1. The molecule has 162 valence electrons. The number of nitrogens with zero attached hydrogens (tertiary/aromatic N) is 3. The molecule has 1 aliphatic rings. The molecule has 1 amide bonds. The molecule has 7 heteroatoms. The van der Waals surface area contributed by atoms with Crippen LogP contribution in [0, 0.1) is 19.7 Å². The lowest BCUT2D eigenvalue weighted by atomic mass is 10.1. The second-order valence-electron chi connectivity index (χ2n) is 8.22. The summed E-state index contributed by atoms with van der Waals surface area (Å²) in [4.78, 5) is 23.9. The van der Waals surface area contributed by atoms with Gasteiger partial charge in [0.25, 0.3) is 5.91 Å². The minimum absolute atomic E-state index is 0.170. The molecule has 1 fully saturated rings. The highest BCUT2D eigenvalue weighted by Crippen LogP contribution is 2.19. The number of rotatable bonds is 5. The van der Waals surface area contributed by atoms with Crippen LogP contribution < -0.4 is 5.32 Å². The van der Waals surface area contributed by atoms with E-state index in [4.69, 9.17) is 0 Å². The Bertz CT molecular complexity index is 1090. The molecule has 2 heterocycles. The summed E-state index contributed by atoms with van der Waals surface area (Å²) >= 11 is 0. The highest BCUT2D eigenvalue weighted by Gasteiger charge is 2.17. The molecule has 0 spiro atoms. The molecule has 6 nitrogen and oxygen atoms in total. The second-order valence-corrected chi connectivity index (χ2v) is 8.22. The van der Waals surface area contributed by atoms with Crippen LogP contribution in [0.5, 0.6) is 0 Å². The first kappa shape index (κ1) is 21.3. The molecular formula is C24H27FN4O2. The molecule has 4 rings (SSSR count). The summed E-state index contributed by atoms with van der Waals surface area (Å²) < 4.78 is 14.0. The molecule has 31 heavy (non-hydrogen) atoms. The standard InChI is InChI=1S/C24H27FN4O2/c1-15-16(2)28-23-21(11-19(25)12-22(23)27-15)24(31)26-13-17-3-5-18(6-4-17)14-29-9-7-20(30)8-10-29/h3-6,11-12,20,30H,7-10,13-14H2,1-2H3,(H,26,31). The van der Waals surface area contributed by atoms with E-state index in [-0.39, 0.29) is 17.6 Å². The van der Waals surface area contributed by atoms with Crippen LogP contribution in [0.25, 0.3) is 11.0 Å². The van der Waals surface area contributed by atoms with Crippen LogP contribution in [-0.4, -0.2) is 45.1 Å². The fraction of sp³-hybridized carbons (Fsp3) is 0.375. The first-order valence-corrected chi connectivity index (χ1v) is 10.6. The third-order valence-electron chi connectivity index (χ3n) is 5.83. The average Bonchev–Trinajstić information content (AvgIpc) is 2.75. The van der Waals surface area contributed by atoms with Gasteiger partial charge in [0.1, 0.15) is 11.3 Å². The van der Waals surface area contributed by atoms with Gasteiger partial charge >= 0.3 is 0 Å². The van der Waals surface area contributed by atoms with Crippen LogP contribution >= 0.6 is 0 Å². The number of carbonyl (C=O) groups is 1. The number of carbonyl (C=O) groups excluding carboxylic acids is 1. The normalized spacial score (nSPS) is 15.4. The Morgan fingerprint density at radius 1 is 1.10 bits per heavy atom. The minimum Gasteiger partial charge on any atom is -0.393 e. The second kappa shape index (κ2) is 9.08. The fourth-order valence-corrected chi connectivity index (χ4v) is 3.85. The smallest absolute Gasteiger partial charge is 0.253 e. The van der Waals surface area contributed by atoms with E-state index in [0.717, 1.165) is 38.0 Å². The van der Waals surface area contributed by atoms with Gasteiger partial charge in [-0.3, -0.25) is 9.69 Å². The third-order valence-corrected chi connectivity index (χ3v) is 5.83. The predicted octanol–water partition coefficient (Wildman–Crippen LogP) is 3.27.